The highest BCUT2D eigenvalue weighted by molar-refractivity contribution is 5.76. The molecule has 0 amide bonds. The van der Waals surface area contributed by atoms with Gasteiger partial charge < -0.3 is 9.73 Å². The molecule has 0 fully saturated rings. The first-order valence-corrected chi connectivity index (χ1v) is 7.13. The molecule has 0 aliphatic rings. The van der Waals surface area contributed by atoms with E-state index >= 15 is 0 Å². The average Bonchev–Trinajstić information content (AvgIpc) is 2.59. The van der Waals surface area contributed by atoms with Gasteiger partial charge in [0, 0.05) is 29.8 Å². The number of nitrogens with zero attached hydrogens (tertiary/aromatic N) is 2. The number of anilines is 1. The summed E-state index contributed by atoms with van der Waals surface area (Å²) in [6, 6.07) is 11.8. The molecule has 2 aromatic carbocycles. The molecule has 0 aliphatic carbocycles. The summed E-state index contributed by atoms with van der Waals surface area (Å²) < 4.78 is 5.19. The molecular weight excluding hydrogens is 330 g/mol. The molecule has 0 atom stereocenters. The van der Waals surface area contributed by atoms with Gasteiger partial charge in [-0.1, -0.05) is 18.2 Å². The van der Waals surface area contributed by atoms with Crippen LogP contribution in [0.4, 0.5) is 17.1 Å². The molecule has 3 rings (SSSR count). The molecule has 0 aliphatic heterocycles. The van der Waals surface area contributed by atoms with E-state index in [2.05, 4.69) is 5.32 Å². The van der Waals surface area contributed by atoms with Gasteiger partial charge >= 0.3 is 5.63 Å². The number of fused-ring (bicyclic) bond motifs is 1. The van der Waals surface area contributed by atoms with E-state index in [1.165, 1.54) is 0 Å². The summed E-state index contributed by atoms with van der Waals surface area (Å²) >= 11 is 0. The Bertz CT molecular complexity index is 1010. The van der Waals surface area contributed by atoms with Crippen LogP contribution in [-0.4, -0.2) is 9.85 Å². The molecule has 9 nitrogen and oxygen atoms in total. The monoisotopic (exact) mass is 341 g/mol. The van der Waals surface area contributed by atoms with E-state index in [9.17, 15) is 25.0 Å². The minimum absolute atomic E-state index is 0.00545. The van der Waals surface area contributed by atoms with E-state index in [0.29, 0.717) is 11.1 Å². The van der Waals surface area contributed by atoms with Crippen molar-refractivity contribution in [3.8, 4) is 0 Å². The number of hydrogen-bond acceptors (Lipinski definition) is 7. The zero-order chi connectivity index (χ0) is 18.0. The Balaban J connectivity index is 1.91. The molecule has 0 radical (unpaired) electrons. The number of nitro groups is 2. The Morgan fingerprint density at radius 1 is 0.960 bits per heavy atom. The van der Waals surface area contributed by atoms with E-state index in [0.717, 1.165) is 23.6 Å². The zero-order valence-electron chi connectivity index (χ0n) is 12.7. The van der Waals surface area contributed by atoms with Crippen molar-refractivity contribution in [2.24, 2.45) is 0 Å². The van der Waals surface area contributed by atoms with Crippen LogP contribution in [-0.2, 0) is 6.54 Å². The van der Waals surface area contributed by atoms with Crippen molar-refractivity contribution in [3.63, 3.8) is 0 Å². The van der Waals surface area contributed by atoms with E-state index in [1.54, 1.807) is 30.3 Å². The van der Waals surface area contributed by atoms with Crippen LogP contribution in [0.25, 0.3) is 11.0 Å². The maximum Gasteiger partial charge on any atom is 0.341 e. The number of non-ortho nitro benzene ring substituents is 2. The Morgan fingerprint density at radius 2 is 1.60 bits per heavy atom. The van der Waals surface area contributed by atoms with Crippen LogP contribution in [0.5, 0.6) is 0 Å². The Morgan fingerprint density at radius 3 is 2.24 bits per heavy atom. The van der Waals surface area contributed by atoms with Gasteiger partial charge in [-0.05, 0) is 12.1 Å². The average molecular weight is 341 g/mol. The maximum atomic E-state index is 12.0. The predicted octanol–water partition coefficient (Wildman–Crippen LogP) is 3.22. The third-order valence-corrected chi connectivity index (χ3v) is 3.52. The number of para-hydroxylation sites is 1. The minimum Gasteiger partial charge on any atom is -0.422 e. The molecule has 0 unspecified atom stereocenters. The van der Waals surface area contributed by atoms with Crippen LogP contribution in [0.15, 0.2) is 57.7 Å². The van der Waals surface area contributed by atoms with E-state index in [-0.39, 0.29) is 12.2 Å². The molecule has 1 N–H and O–H groups in total. The fraction of sp³-hybridized carbons (Fsp3) is 0.0625. The second-order valence-electron chi connectivity index (χ2n) is 5.20. The van der Waals surface area contributed by atoms with Gasteiger partial charge in [-0.15, -0.1) is 0 Å². The Hall–Kier alpha value is -3.75. The minimum atomic E-state index is -0.720. The molecule has 9 heteroatoms. The first-order valence-electron chi connectivity index (χ1n) is 7.13. The van der Waals surface area contributed by atoms with Crippen LogP contribution < -0.4 is 10.9 Å². The lowest BCUT2D eigenvalue weighted by Gasteiger charge is -2.06. The zero-order valence-corrected chi connectivity index (χ0v) is 12.7. The summed E-state index contributed by atoms with van der Waals surface area (Å²) in [4.78, 5) is 32.3. The quantitative estimate of drug-likeness (QED) is 0.428. The first kappa shape index (κ1) is 16.1. The van der Waals surface area contributed by atoms with E-state index in [1.807, 2.05) is 0 Å². The van der Waals surface area contributed by atoms with Crippen LogP contribution >= 0.6 is 0 Å². The number of nitro benzene ring substituents is 2. The number of hydrogen-bond donors (Lipinski definition) is 1. The lowest BCUT2D eigenvalue weighted by molar-refractivity contribution is -0.394. The molecule has 0 spiro atoms. The van der Waals surface area contributed by atoms with Crippen molar-refractivity contribution in [2.45, 2.75) is 6.54 Å². The van der Waals surface area contributed by atoms with Crippen molar-refractivity contribution in [1.82, 2.24) is 0 Å². The largest absolute Gasteiger partial charge is 0.422 e. The fourth-order valence-corrected chi connectivity index (χ4v) is 2.33. The summed E-state index contributed by atoms with van der Waals surface area (Å²) in [5, 5.41) is 25.3. The van der Waals surface area contributed by atoms with Crippen LogP contribution in [0.3, 0.4) is 0 Å². The van der Waals surface area contributed by atoms with Gasteiger partial charge in [-0.25, -0.2) is 4.79 Å². The maximum absolute atomic E-state index is 12.0. The summed E-state index contributed by atoms with van der Waals surface area (Å²) in [5.41, 5.74) is -0.473. The predicted molar refractivity (Wildman–Crippen MR) is 89.6 cm³/mol. The second-order valence-corrected chi connectivity index (χ2v) is 5.20. The van der Waals surface area contributed by atoms with Crippen molar-refractivity contribution in [1.29, 1.82) is 0 Å². The fourth-order valence-electron chi connectivity index (χ4n) is 2.33. The number of benzene rings is 2. The van der Waals surface area contributed by atoms with Crippen molar-refractivity contribution < 1.29 is 14.3 Å². The number of nitrogens with one attached hydrogen (secondary N) is 1. The lowest BCUT2D eigenvalue weighted by Crippen LogP contribution is -2.12. The van der Waals surface area contributed by atoms with Crippen molar-refractivity contribution in [3.05, 3.63) is 84.7 Å². The third kappa shape index (κ3) is 3.44. The summed E-state index contributed by atoms with van der Waals surface area (Å²) in [6.45, 7) is 0.00545. The van der Waals surface area contributed by atoms with E-state index < -0.39 is 26.8 Å². The third-order valence-electron chi connectivity index (χ3n) is 3.52. The normalized spacial score (nSPS) is 10.6. The topological polar surface area (TPSA) is 129 Å². The standard InChI is InChI=1S/C16H11N3O6/c20-16-11(5-10-3-1-2-4-15(10)25-16)9-17-12-6-13(18(21)22)8-14(7-12)19(23)24/h1-8,17H,9H2. The summed E-state index contributed by atoms with van der Waals surface area (Å²) in [6.07, 6.45) is 0. The molecule has 126 valence electrons. The van der Waals surface area contributed by atoms with Crippen LogP contribution in [0.2, 0.25) is 0 Å². The van der Waals surface area contributed by atoms with Crippen molar-refractivity contribution in [2.75, 3.05) is 5.32 Å². The molecule has 25 heavy (non-hydrogen) atoms. The van der Waals surface area contributed by atoms with Gasteiger partial charge in [-0.2, -0.15) is 0 Å². The second kappa shape index (κ2) is 6.40. The van der Waals surface area contributed by atoms with E-state index in [4.69, 9.17) is 4.42 Å². The highest BCUT2D eigenvalue weighted by atomic mass is 16.6. The Labute approximate surface area is 139 Å². The molecule has 0 saturated heterocycles. The van der Waals surface area contributed by atoms with Gasteiger partial charge in [0.25, 0.3) is 11.4 Å². The van der Waals surface area contributed by atoms with Crippen LogP contribution in [0, 0.1) is 20.2 Å². The van der Waals surface area contributed by atoms with Gasteiger partial charge in [0.2, 0.25) is 0 Å². The smallest absolute Gasteiger partial charge is 0.341 e. The first-order chi connectivity index (χ1) is 11.9. The molecule has 0 bridgehead atoms. The van der Waals surface area contributed by atoms with Crippen LogP contribution in [0.1, 0.15) is 5.56 Å². The van der Waals surface area contributed by atoms with Gasteiger partial charge in [-0.3, -0.25) is 20.2 Å². The summed E-state index contributed by atoms with van der Waals surface area (Å²) in [5.74, 6) is 0. The SMILES string of the molecule is O=c1oc2ccccc2cc1CNc1cc([N+](=O)[O-])cc([N+](=O)[O-])c1. The van der Waals surface area contributed by atoms with Gasteiger partial charge in [0.15, 0.2) is 0 Å². The lowest BCUT2D eigenvalue weighted by atomic mass is 10.2. The molecule has 0 saturated carbocycles. The summed E-state index contributed by atoms with van der Waals surface area (Å²) in [7, 11) is 0. The highest BCUT2D eigenvalue weighted by Gasteiger charge is 2.16. The van der Waals surface area contributed by atoms with Crippen molar-refractivity contribution >= 4 is 28.0 Å². The number of rotatable bonds is 5. The van der Waals surface area contributed by atoms with Gasteiger partial charge in [0.1, 0.15) is 5.58 Å². The molecule has 3 aromatic rings. The molecule has 1 aromatic heterocycles. The molecular formula is C16H11N3O6. The molecule has 1 heterocycles. The van der Waals surface area contributed by atoms with Gasteiger partial charge in [0.05, 0.1) is 21.5 Å². The highest BCUT2D eigenvalue weighted by Crippen LogP contribution is 2.26. The Kier molecular flexibility index (Phi) is 4.12.